The molecule has 2 aromatic rings. The fourth-order valence-electron chi connectivity index (χ4n) is 3.54. The maximum atomic E-state index is 12.7. The minimum Gasteiger partial charge on any atom is -0.369 e. The monoisotopic (exact) mass is 440 g/mol. The summed E-state index contributed by atoms with van der Waals surface area (Å²) in [6, 6.07) is 14.5. The zero-order chi connectivity index (χ0) is 23.0. The predicted molar refractivity (Wildman–Crippen MR) is 116 cm³/mol. The lowest BCUT2D eigenvalue weighted by Crippen LogP contribution is -2.39. The molecule has 1 heterocycles. The molecule has 8 heteroatoms. The first-order valence-corrected chi connectivity index (χ1v) is 10.3. The third-order valence-electron chi connectivity index (χ3n) is 5.12. The van der Waals surface area contributed by atoms with E-state index in [0.717, 1.165) is 37.3 Å². The number of hydrogen-bond donors (Lipinski definition) is 1. The highest BCUT2D eigenvalue weighted by Gasteiger charge is 2.30. The van der Waals surface area contributed by atoms with Gasteiger partial charge in [0.15, 0.2) is 0 Å². The average molecular weight is 440 g/mol. The van der Waals surface area contributed by atoms with Crippen molar-refractivity contribution in [3.8, 4) is 17.9 Å². The molecule has 2 aromatic carbocycles. The van der Waals surface area contributed by atoms with Crippen LogP contribution in [-0.2, 0) is 11.0 Å². The summed E-state index contributed by atoms with van der Waals surface area (Å²) < 4.78 is 38.2. The van der Waals surface area contributed by atoms with Crippen LogP contribution in [0.25, 0.3) is 0 Å². The lowest BCUT2D eigenvalue weighted by Gasteiger charge is -2.24. The van der Waals surface area contributed by atoms with Crippen LogP contribution in [0.4, 0.5) is 18.9 Å². The van der Waals surface area contributed by atoms with Crippen LogP contribution in [0, 0.1) is 23.2 Å². The Kier molecular flexibility index (Phi) is 7.75. The highest BCUT2D eigenvalue weighted by molar-refractivity contribution is 5.78. The van der Waals surface area contributed by atoms with E-state index in [1.54, 1.807) is 6.07 Å². The first-order chi connectivity index (χ1) is 15.4. The molecule has 32 heavy (non-hydrogen) atoms. The van der Waals surface area contributed by atoms with Crippen LogP contribution < -0.4 is 10.2 Å². The number of carbonyl (C=O) groups is 1. The van der Waals surface area contributed by atoms with E-state index < -0.39 is 11.7 Å². The Morgan fingerprint density at radius 1 is 1.06 bits per heavy atom. The van der Waals surface area contributed by atoms with Gasteiger partial charge < -0.3 is 10.2 Å². The molecule has 3 rings (SSSR count). The van der Waals surface area contributed by atoms with E-state index in [-0.39, 0.29) is 24.6 Å². The van der Waals surface area contributed by atoms with Crippen LogP contribution in [0.15, 0.2) is 48.5 Å². The number of halogens is 3. The number of para-hydroxylation sites is 1. The molecule has 0 atom stereocenters. The van der Waals surface area contributed by atoms with Gasteiger partial charge in [-0.15, -0.1) is 0 Å². The summed E-state index contributed by atoms with van der Waals surface area (Å²) in [7, 11) is 0. The van der Waals surface area contributed by atoms with Crippen molar-refractivity contribution in [1.29, 1.82) is 5.26 Å². The molecule has 1 aliphatic rings. The maximum absolute atomic E-state index is 12.7. The molecule has 1 saturated heterocycles. The summed E-state index contributed by atoms with van der Waals surface area (Å²) in [5, 5.41) is 12.0. The van der Waals surface area contributed by atoms with Crippen molar-refractivity contribution < 1.29 is 18.0 Å². The third-order valence-corrected chi connectivity index (χ3v) is 5.12. The van der Waals surface area contributed by atoms with E-state index in [1.165, 1.54) is 12.1 Å². The molecule has 0 aliphatic carbocycles. The SMILES string of the molecule is N#Cc1ccccc1N1CCCN(CC(=O)NCC#Cc2cccc(C(F)(F)F)c2)CC1. The van der Waals surface area contributed by atoms with Crippen LogP contribution in [0.3, 0.4) is 0 Å². The standard InChI is InChI=1S/C24H23F3N4O/c25-24(26,27)21-9-3-6-19(16-21)7-4-11-29-23(32)18-30-12-5-13-31(15-14-30)22-10-2-1-8-20(22)17-28/h1-3,6,8-10,16H,5,11-15,18H2,(H,29,32). The molecule has 0 bridgehead atoms. The number of nitrogens with zero attached hydrogens (tertiary/aromatic N) is 3. The maximum Gasteiger partial charge on any atom is 0.416 e. The van der Waals surface area contributed by atoms with Crippen molar-refractivity contribution in [3.63, 3.8) is 0 Å². The fourth-order valence-corrected chi connectivity index (χ4v) is 3.54. The van der Waals surface area contributed by atoms with Crippen LogP contribution in [0.5, 0.6) is 0 Å². The second-order valence-corrected chi connectivity index (χ2v) is 7.40. The molecule has 0 saturated carbocycles. The van der Waals surface area contributed by atoms with Crippen LogP contribution in [0.2, 0.25) is 0 Å². The first-order valence-electron chi connectivity index (χ1n) is 10.3. The fraction of sp³-hybridized carbons (Fsp3) is 0.333. The quantitative estimate of drug-likeness (QED) is 0.742. The van der Waals surface area contributed by atoms with Gasteiger partial charge in [0.25, 0.3) is 0 Å². The topological polar surface area (TPSA) is 59.4 Å². The molecule has 1 N–H and O–H groups in total. The van der Waals surface area contributed by atoms with Crippen LogP contribution in [0.1, 0.15) is 23.1 Å². The largest absolute Gasteiger partial charge is 0.416 e. The van der Waals surface area contributed by atoms with Crippen molar-refractivity contribution in [3.05, 3.63) is 65.2 Å². The molecule has 166 valence electrons. The van der Waals surface area contributed by atoms with E-state index in [1.807, 2.05) is 23.1 Å². The highest BCUT2D eigenvalue weighted by Crippen LogP contribution is 2.29. The molecular weight excluding hydrogens is 417 g/mol. The number of anilines is 1. The zero-order valence-corrected chi connectivity index (χ0v) is 17.5. The Morgan fingerprint density at radius 2 is 1.88 bits per heavy atom. The molecule has 1 aliphatic heterocycles. The third kappa shape index (κ3) is 6.50. The number of benzene rings is 2. The van der Waals surface area contributed by atoms with Gasteiger partial charge in [-0.3, -0.25) is 9.69 Å². The van der Waals surface area contributed by atoms with Crippen molar-refractivity contribution in [2.45, 2.75) is 12.6 Å². The number of alkyl halides is 3. The highest BCUT2D eigenvalue weighted by atomic mass is 19.4. The van der Waals surface area contributed by atoms with Gasteiger partial charge in [0.1, 0.15) is 6.07 Å². The van der Waals surface area contributed by atoms with Gasteiger partial charge in [-0.2, -0.15) is 18.4 Å². The van der Waals surface area contributed by atoms with E-state index in [2.05, 4.69) is 28.1 Å². The minimum absolute atomic E-state index is 0.0601. The molecule has 5 nitrogen and oxygen atoms in total. The van der Waals surface area contributed by atoms with Gasteiger partial charge >= 0.3 is 6.18 Å². The zero-order valence-electron chi connectivity index (χ0n) is 17.5. The lowest BCUT2D eigenvalue weighted by atomic mass is 10.1. The van der Waals surface area contributed by atoms with Gasteiger partial charge in [-0.1, -0.05) is 30.0 Å². The van der Waals surface area contributed by atoms with Crippen molar-refractivity contribution in [2.75, 3.05) is 44.2 Å². The van der Waals surface area contributed by atoms with E-state index in [4.69, 9.17) is 0 Å². The second kappa shape index (κ2) is 10.7. The Bertz CT molecular complexity index is 1050. The summed E-state index contributed by atoms with van der Waals surface area (Å²) in [5.74, 6) is 5.16. The van der Waals surface area contributed by atoms with Crippen molar-refractivity contribution in [1.82, 2.24) is 10.2 Å². The first kappa shape index (κ1) is 23.2. The summed E-state index contributed by atoms with van der Waals surface area (Å²) in [6.07, 6.45) is -3.55. The van der Waals surface area contributed by atoms with E-state index in [9.17, 15) is 23.2 Å². The van der Waals surface area contributed by atoms with Gasteiger partial charge in [0.05, 0.1) is 29.9 Å². The molecule has 0 unspecified atom stereocenters. The summed E-state index contributed by atoms with van der Waals surface area (Å²) in [4.78, 5) is 16.5. The Balaban J connectivity index is 1.47. The predicted octanol–water partition coefficient (Wildman–Crippen LogP) is 3.26. The van der Waals surface area contributed by atoms with Gasteiger partial charge in [-0.25, -0.2) is 0 Å². The van der Waals surface area contributed by atoms with E-state index >= 15 is 0 Å². The Labute approximate surface area is 185 Å². The van der Waals surface area contributed by atoms with Gasteiger partial charge in [0, 0.05) is 31.7 Å². The normalized spacial score (nSPS) is 14.6. The van der Waals surface area contributed by atoms with Gasteiger partial charge in [0.2, 0.25) is 5.91 Å². The van der Waals surface area contributed by atoms with Crippen molar-refractivity contribution in [2.24, 2.45) is 0 Å². The lowest BCUT2D eigenvalue weighted by molar-refractivity contribution is -0.137. The molecular formula is C24H23F3N4O. The number of hydrogen-bond acceptors (Lipinski definition) is 4. The number of rotatable bonds is 4. The summed E-state index contributed by atoms with van der Waals surface area (Å²) >= 11 is 0. The second-order valence-electron chi connectivity index (χ2n) is 7.40. The van der Waals surface area contributed by atoms with E-state index in [0.29, 0.717) is 18.7 Å². The number of carbonyl (C=O) groups excluding carboxylic acids is 1. The number of amides is 1. The minimum atomic E-state index is -4.41. The molecule has 0 spiro atoms. The number of nitriles is 1. The summed E-state index contributed by atoms with van der Waals surface area (Å²) in [5.41, 5.74) is 1.05. The Hall–Kier alpha value is -3.49. The molecule has 0 aromatic heterocycles. The molecule has 1 amide bonds. The average Bonchev–Trinajstić information content (AvgIpc) is 3.02. The van der Waals surface area contributed by atoms with Gasteiger partial charge in [-0.05, 0) is 36.8 Å². The van der Waals surface area contributed by atoms with Crippen molar-refractivity contribution >= 4 is 11.6 Å². The van der Waals surface area contributed by atoms with Crippen LogP contribution in [-0.4, -0.2) is 50.1 Å². The van der Waals surface area contributed by atoms with Crippen LogP contribution >= 0.6 is 0 Å². The Morgan fingerprint density at radius 3 is 2.66 bits per heavy atom. The smallest absolute Gasteiger partial charge is 0.369 e. The summed E-state index contributed by atoms with van der Waals surface area (Å²) in [6.45, 7) is 3.24. The molecule has 0 radical (unpaired) electrons. The number of nitrogens with one attached hydrogen (secondary N) is 1. The molecule has 1 fully saturated rings.